The molecule has 0 fully saturated rings. The zero-order valence-electron chi connectivity index (χ0n) is 18.9. The second-order valence-electron chi connectivity index (χ2n) is 8.18. The van der Waals surface area contributed by atoms with E-state index in [2.05, 4.69) is 46.3 Å². The van der Waals surface area contributed by atoms with Crippen molar-refractivity contribution in [1.82, 2.24) is 9.99 Å². The van der Waals surface area contributed by atoms with Crippen molar-refractivity contribution >= 4 is 33.8 Å². The van der Waals surface area contributed by atoms with Gasteiger partial charge in [-0.05, 0) is 41.5 Å². The van der Waals surface area contributed by atoms with Gasteiger partial charge in [0.2, 0.25) is 0 Å². The molecule has 0 spiro atoms. The number of fused-ring (bicyclic) bond motifs is 2. The smallest absolute Gasteiger partial charge is 0.277 e. The van der Waals surface area contributed by atoms with Gasteiger partial charge in [-0.25, -0.2) is 5.43 Å². The number of rotatable bonds is 7. The molecule has 1 N–H and O–H groups in total. The largest absolute Gasteiger partial charge is 0.484 e. The van der Waals surface area contributed by atoms with Gasteiger partial charge in [0, 0.05) is 28.7 Å². The summed E-state index contributed by atoms with van der Waals surface area (Å²) in [7, 11) is 0. The van der Waals surface area contributed by atoms with Gasteiger partial charge in [-0.2, -0.15) is 5.10 Å². The number of benzene rings is 4. The lowest BCUT2D eigenvalue weighted by atomic mass is 10.1. The number of para-hydroxylation sites is 1. The van der Waals surface area contributed by atoms with Crippen LogP contribution in [-0.2, 0) is 11.3 Å². The Morgan fingerprint density at radius 2 is 1.65 bits per heavy atom. The van der Waals surface area contributed by atoms with Gasteiger partial charge in [0.25, 0.3) is 5.91 Å². The molecule has 5 heteroatoms. The molecule has 168 valence electrons. The zero-order valence-corrected chi connectivity index (χ0v) is 18.9. The van der Waals surface area contributed by atoms with Gasteiger partial charge in [-0.3, -0.25) is 4.79 Å². The molecule has 5 nitrogen and oxygen atoms in total. The summed E-state index contributed by atoms with van der Waals surface area (Å²) < 4.78 is 7.93. The third-order valence-electron chi connectivity index (χ3n) is 5.94. The number of hydrazone groups is 1. The molecule has 34 heavy (non-hydrogen) atoms. The molecule has 4 aromatic carbocycles. The summed E-state index contributed by atoms with van der Waals surface area (Å²) in [5.74, 6) is 0.341. The highest BCUT2D eigenvalue weighted by atomic mass is 16.5. The van der Waals surface area contributed by atoms with Crippen molar-refractivity contribution in [2.45, 2.75) is 13.5 Å². The van der Waals surface area contributed by atoms with Crippen LogP contribution >= 0.6 is 0 Å². The van der Waals surface area contributed by atoms with Crippen LogP contribution < -0.4 is 10.2 Å². The van der Waals surface area contributed by atoms with Gasteiger partial charge >= 0.3 is 0 Å². The van der Waals surface area contributed by atoms with E-state index in [4.69, 9.17) is 4.74 Å². The Labute approximate surface area is 198 Å². The number of hydrogen-bond donors (Lipinski definition) is 1. The molecule has 0 aliphatic carbocycles. The summed E-state index contributed by atoms with van der Waals surface area (Å²) in [6.45, 7) is 2.74. The van der Waals surface area contributed by atoms with E-state index in [1.165, 1.54) is 5.56 Å². The molecular formula is C29H25N3O2. The van der Waals surface area contributed by atoms with Crippen molar-refractivity contribution in [3.63, 3.8) is 0 Å². The predicted molar refractivity (Wildman–Crippen MR) is 137 cm³/mol. The lowest BCUT2D eigenvalue weighted by Crippen LogP contribution is -2.24. The standard InChI is InChI=1S/C29H25N3O2/c1-21-27(26-13-7-8-14-28(26)32(21)19-22-9-3-2-4-10-22)18-30-31-29(33)20-34-25-16-15-23-11-5-6-12-24(23)17-25/h2-18H,19-20H2,1H3,(H,31,33)/b30-18-. The maximum absolute atomic E-state index is 12.3. The third-order valence-corrected chi connectivity index (χ3v) is 5.94. The zero-order chi connectivity index (χ0) is 23.3. The van der Waals surface area contributed by atoms with E-state index in [1.807, 2.05) is 72.8 Å². The van der Waals surface area contributed by atoms with Crippen LogP contribution in [0.25, 0.3) is 21.7 Å². The van der Waals surface area contributed by atoms with Gasteiger partial charge in [-0.15, -0.1) is 0 Å². The number of amides is 1. The van der Waals surface area contributed by atoms with Crippen LogP contribution in [0.2, 0.25) is 0 Å². The van der Waals surface area contributed by atoms with Gasteiger partial charge in [0.15, 0.2) is 6.61 Å². The number of aromatic nitrogens is 1. The molecule has 0 aliphatic heterocycles. The second-order valence-corrected chi connectivity index (χ2v) is 8.18. The fraction of sp³-hybridized carbons (Fsp3) is 0.103. The Balaban J connectivity index is 1.28. The fourth-order valence-electron chi connectivity index (χ4n) is 4.20. The van der Waals surface area contributed by atoms with Crippen molar-refractivity contribution in [2.24, 2.45) is 5.10 Å². The molecule has 0 atom stereocenters. The van der Waals surface area contributed by atoms with E-state index in [0.29, 0.717) is 5.75 Å². The summed E-state index contributed by atoms with van der Waals surface area (Å²) in [4.78, 5) is 12.3. The number of nitrogens with zero attached hydrogens (tertiary/aromatic N) is 2. The van der Waals surface area contributed by atoms with E-state index in [9.17, 15) is 4.79 Å². The van der Waals surface area contributed by atoms with Crippen molar-refractivity contribution < 1.29 is 9.53 Å². The molecule has 0 bridgehead atoms. The number of hydrogen-bond acceptors (Lipinski definition) is 3. The maximum atomic E-state index is 12.3. The first-order chi connectivity index (χ1) is 16.7. The average Bonchev–Trinajstić information content (AvgIpc) is 3.14. The van der Waals surface area contributed by atoms with Crippen molar-refractivity contribution in [3.05, 3.63) is 114 Å². The summed E-state index contributed by atoms with van der Waals surface area (Å²) in [5, 5.41) is 7.52. The average molecular weight is 448 g/mol. The SMILES string of the molecule is Cc1c(/C=N\NC(=O)COc2ccc3ccccc3c2)c2ccccc2n1Cc1ccccc1. The minimum atomic E-state index is -0.310. The maximum Gasteiger partial charge on any atom is 0.277 e. The van der Waals surface area contributed by atoms with Crippen LogP contribution in [-0.4, -0.2) is 23.3 Å². The summed E-state index contributed by atoms with van der Waals surface area (Å²) in [6, 6.07) is 32.4. The highest BCUT2D eigenvalue weighted by Gasteiger charge is 2.13. The van der Waals surface area contributed by atoms with Crippen LogP contribution in [0, 0.1) is 6.92 Å². The monoisotopic (exact) mass is 447 g/mol. The van der Waals surface area contributed by atoms with Crippen LogP contribution in [0.15, 0.2) is 102 Å². The van der Waals surface area contributed by atoms with Crippen molar-refractivity contribution in [1.29, 1.82) is 0 Å². The van der Waals surface area contributed by atoms with Gasteiger partial charge in [0.1, 0.15) is 5.75 Å². The Kier molecular flexibility index (Phi) is 6.08. The molecule has 0 radical (unpaired) electrons. The highest BCUT2D eigenvalue weighted by Crippen LogP contribution is 2.25. The molecule has 0 saturated carbocycles. The van der Waals surface area contributed by atoms with Gasteiger partial charge in [0.05, 0.1) is 6.21 Å². The normalized spacial score (nSPS) is 11.3. The molecule has 0 saturated heterocycles. The van der Waals surface area contributed by atoms with E-state index >= 15 is 0 Å². The third kappa shape index (κ3) is 4.55. The van der Waals surface area contributed by atoms with Crippen LogP contribution in [0.1, 0.15) is 16.8 Å². The second kappa shape index (κ2) is 9.63. The van der Waals surface area contributed by atoms with Crippen LogP contribution in [0.3, 0.4) is 0 Å². The van der Waals surface area contributed by atoms with Crippen LogP contribution in [0.4, 0.5) is 0 Å². The Morgan fingerprint density at radius 3 is 2.50 bits per heavy atom. The molecule has 1 aromatic heterocycles. The van der Waals surface area contributed by atoms with Gasteiger partial charge in [-0.1, -0.05) is 78.9 Å². The van der Waals surface area contributed by atoms with Crippen molar-refractivity contribution in [3.8, 4) is 5.75 Å². The highest BCUT2D eigenvalue weighted by molar-refractivity contribution is 6.01. The summed E-state index contributed by atoms with van der Waals surface area (Å²) in [6.07, 6.45) is 1.72. The van der Waals surface area contributed by atoms with Gasteiger partial charge < -0.3 is 9.30 Å². The first kappa shape index (κ1) is 21.5. The number of carbonyl (C=O) groups is 1. The minimum absolute atomic E-state index is 0.107. The molecule has 5 rings (SSSR count). The fourth-order valence-corrected chi connectivity index (χ4v) is 4.20. The first-order valence-corrected chi connectivity index (χ1v) is 11.2. The van der Waals surface area contributed by atoms with E-state index < -0.39 is 0 Å². The Bertz CT molecular complexity index is 1490. The summed E-state index contributed by atoms with van der Waals surface area (Å²) in [5.41, 5.74) is 7.03. The predicted octanol–water partition coefficient (Wildman–Crippen LogP) is 5.68. The molecule has 1 heterocycles. The molecule has 0 unspecified atom stereocenters. The van der Waals surface area contributed by atoms with Crippen LogP contribution in [0.5, 0.6) is 5.75 Å². The van der Waals surface area contributed by atoms with Crippen molar-refractivity contribution in [2.75, 3.05) is 6.61 Å². The van der Waals surface area contributed by atoms with E-state index in [0.717, 1.165) is 39.5 Å². The Morgan fingerprint density at radius 1 is 0.912 bits per heavy atom. The Hall–Kier alpha value is -4.38. The van der Waals surface area contributed by atoms with E-state index in [-0.39, 0.29) is 12.5 Å². The molecule has 0 aliphatic rings. The topological polar surface area (TPSA) is 55.6 Å². The molecular weight excluding hydrogens is 422 g/mol. The number of carbonyl (C=O) groups excluding carboxylic acids is 1. The minimum Gasteiger partial charge on any atom is -0.484 e. The summed E-state index contributed by atoms with van der Waals surface area (Å²) >= 11 is 0. The lowest BCUT2D eigenvalue weighted by Gasteiger charge is -2.08. The molecule has 1 amide bonds. The quantitative estimate of drug-likeness (QED) is 0.258. The van der Waals surface area contributed by atoms with E-state index in [1.54, 1.807) is 6.21 Å². The number of nitrogens with one attached hydrogen (secondary N) is 1. The molecule has 5 aromatic rings. The lowest BCUT2D eigenvalue weighted by molar-refractivity contribution is -0.123. The number of ether oxygens (including phenoxy) is 1. The first-order valence-electron chi connectivity index (χ1n) is 11.2.